The topological polar surface area (TPSA) is 79.5 Å². The highest BCUT2D eigenvalue weighted by Gasteiger charge is 2.48. The van der Waals surface area contributed by atoms with E-state index in [9.17, 15) is 14.7 Å². The van der Waals surface area contributed by atoms with Gasteiger partial charge in [0.2, 0.25) is 5.91 Å². The van der Waals surface area contributed by atoms with E-state index in [0.29, 0.717) is 0 Å². The number of carboxylic acids is 1. The minimum Gasteiger partial charge on any atom is -0.480 e. The second kappa shape index (κ2) is 5.16. The summed E-state index contributed by atoms with van der Waals surface area (Å²) in [6, 6.07) is 5.81. The summed E-state index contributed by atoms with van der Waals surface area (Å²) in [5, 5.41) is 13.0. The third-order valence-corrected chi connectivity index (χ3v) is 4.40. The van der Waals surface area contributed by atoms with E-state index in [-0.39, 0.29) is 18.2 Å². The van der Waals surface area contributed by atoms with Crippen LogP contribution in [-0.4, -0.2) is 22.5 Å². The Balaban J connectivity index is 1.77. The average molecular weight is 301 g/mol. The Morgan fingerprint density at radius 1 is 1.41 bits per heavy atom. The molecular weight excluding hydrogens is 282 g/mol. The molecule has 0 saturated heterocycles. The van der Waals surface area contributed by atoms with E-state index >= 15 is 0 Å². The van der Waals surface area contributed by atoms with Gasteiger partial charge in [0, 0.05) is 10.9 Å². The Morgan fingerprint density at radius 2 is 2.14 bits per heavy atom. The Kier molecular flexibility index (Phi) is 3.43. The zero-order valence-electron chi connectivity index (χ0n) is 12.7. The number of hydrogen-bond acceptors (Lipinski definition) is 3. The van der Waals surface area contributed by atoms with Crippen molar-refractivity contribution in [1.29, 1.82) is 0 Å². The van der Waals surface area contributed by atoms with Crippen molar-refractivity contribution in [2.75, 3.05) is 0 Å². The quantitative estimate of drug-likeness (QED) is 0.889. The van der Waals surface area contributed by atoms with Gasteiger partial charge in [-0.2, -0.15) is 0 Å². The molecule has 1 aliphatic rings. The van der Waals surface area contributed by atoms with Crippen molar-refractivity contribution in [3.05, 3.63) is 35.6 Å². The van der Waals surface area contributed by atoms with Gasteiger partial charge in [-0.3, -0.25) is 4.79 Å². The fraction of sp³-hybridized carbons (Fsp3) is 0.412. The zero-order chi connectivity index (χ0) is 15.9. The number of fused-ring (bicyclic) bond motifs is 1. The van der Waals surface area contributed by atoms with Crippen molar-refractivity contribution < 1.29 is 19.1 Å². The molecule has 2 aromatic rings. The molecule has 0 radical (unpaired) electrons. The summed E-state index contributed by atoms with van der Waals surface area (Å²) in [6.07, 6.45) is 3.37. The van der Waals surface area contributed by atoms with Crippen LogP contribution in [0.1, 0.15) is 30.9 Å². The van der Waals surface area contributed by atoms with E-state index in [1.807, 2.05) is 25.1 Å². The molecule has 116 valence electrons. The monoisotopic (exact) mass is 301 g/mol. The SMILES string of the molecule is Cc1ccc2c(CC(=O)N[C@](C)(C(=O)O)C3CC3)coc2c1. The van der Waals surface area contributed by atoms with Crippen LogP contribution < -0.4 is 5.32 Å². The van der Waals surface area contributed by atoms with Crippen molar-refractivity contribution in [2.24, 2.45) is 5.92 Å². The van der Waals surface area contributed by atoms with Crippen LogP contribution >= 0.6 is 0 Å². The fourth-order valence-electron chi connectivity index (χ4n) is 2.82. The van der Waals surface area contributed by atoms with E-state index in [1.54, 1.807) is 13.2 Å². The average Bonchev–Trinajstić information content (AvgIpc) is 3.23. The first-order chi connectivity index (χ1) is 10.4. The van der Waals surface area contributed by atoms with Crippen molar-refractivity contribution in [2.45, 2.75) is 38.6 Å². The fourth-order valence-corrected chi connectivity index (χ4v) is 2.82. The van der Waals surface area contributed by atoms with E-state index in [0.717, 1.165) is 34.9 Å². The Morgan fingerprint density at radius 3 is 2.77 bits per heavy atom. The first-order valence-corrected chi connectivity index (χ1v) is 7.41. The molecule has 1 aliphatic carbocycles. The number of carbonyl (C=O) groups is 2. The van der Waals surface area contributed by atoms with E-state index in [4.69, 9.17) is 4.42 Å². The van der Waals surface area contributed by atoms with Gasteiger partial charge in [0.15, 0.2) is 0 Å². The minimum atomic E-state index is -1.17. The number of aliphatic carboxylic acids is 1. The number of hydrogen-bond donors (Lipinski definition) is 2. The number of aryl methyl sites for hydroxylation is 1. The minimum absolute atomic E-state index is 0.0256. The Bertz CT molecular complexity index is 744. The summed E-state index contributed by atoms with van der Waals surface area (Å²) in [4.78, 5) is 23.7. The molecule has 1 amide bonds. The maximum absolute atomic E-state index is 12.3. The molecule has 1 fully saturated rings. The lowest BCUT2D eigenvalue weighted by Gasteiger charge is -2.26. The first kappa shape index (κ1) is 14.6. The molecule has 5 heteroatoms. The maximum Gasteiger partial charge on any atom is 0.329 e. The van der Waals surface area contributed by atoms with E-state index < -0.39 is 11.5 Å². The molecule has 1 heterocycles. The predicted molar refractivity (Wildman–Crippen MR) is 81.6 cm³/mol. The number of furan rings is 1. The van der Waals surface area contributed by atoms with Crippen LogP contribution in [0.3, 0.4) is 0 Å². The van der Waals surface area contributed by atoms with Gasteiger partial charge >= 0.3 is 5.97 Å². The molecule has 0 spiro atoms. The van der Waals surface area contributed by atoms with Gasteiger partial charge < -0.3 is 14.8 Å². The lowest BCUT2D eigenvalue weighted by Crippen LogP contribution is -2.54. The molecule has 0 bridgehead atoms. The molecule has 0 aliphatic heterocycles. The second-order valence-corrected chi connectivity index (χ2v) is 6.27. The van der Waals surface area contributed by atoms with Crippen LogP contribution in [0.25, 0.3) is 11.0 Å². The van der Waals surface area contributed by atoms with Gasteiger partial charge in [-0.15, -0.1) is 0 Å². The summed E-state index contributed by atoms with van der Waals surface area (Å²) in [7, 11) is 0. The zero-order valence-corrected chi connectivity index (χ0v) is 12.7. The van der Waals surface area contributed by atoms with Gasteiger partial charge in [0.05, 0.1) is 12.7 Å². The number of benzene rings is 1. The third-order valence-electron chi connectivity index (χ3n) is 4.40. The molecule has 1 saturated carbocycles. The third kappa shape index (κ3) is 2.58. The smallest absolute Gasteiger partial charge is 0.329 e. The largest absolute Gasteiger partial charge is 0.480 e. The van der Waals surface area contributed by atoms with Crippen molar-refractivity contribution in [1.82, 2.24) is 5.32 Å². The van der Waals surface area contributed by atoms with Crippen LogP contribution in [0.2, 0.25) is 0 Å². The number of nitrogens with one attached hydrogen (secondary N) is 1. The van der Waals surface area contributed by atoms with Gasteiger partial charge in [-0.05, 0) is 44.2 Å². The van der Waals surface area contributed by atoms with Crippen LogP contribution in [0.15, 0.2) is 28.9 Å². The number of carbonyl (C=O) groups excluding carboxylic acids is 1. The van der Waals surface area contributed by atoms with E-state index in [2.05, 4.69) is 5.32 Å². The molecule has 1 aromatic heterocycles. The number of amides is 1. The molecule has 22 heavy (non-hydrogen) atoms. The van der Waals surface area contributed by atoms with Crippen LogP contribution in [-0.2, 0) is 16.0 Å². The highest BCUT2D eigenvalue weighted by molar-refractivity contribution is 5.91. The lowest BCUT2D eigenvalue weighted by molar-refractivity contribution is -0.147. The van der Waals surface area contributed by atoms with Crippen molar-refractivity contribution in [3.63, 3.8) is 0 Å². The highest BCUT2D eigenvalue weighted by Crippen LogP contribution is 2.39. The highest BCUT2D eigenvalue weighted by atomic mass is 16.4. The summed E-state index contributed by atoms with van der Waals surface area (Å²) < 4.78 is 5.47. The Hall–Kier alpha value is -2.30. The van der Waals surface area contributed by atoms with Gasteiger partial charge in [-0.1, -0.05) is 12.1 Å². The summed E-state index contributed by atoms with van der Waals surface area (Å²) in [5.74, 6) is -1.24. The summed E-state index contributed by atoms with van der Waals surface area (Å²) in [5.41, 5.74) is 1.43. The van der Waals surface area contributed by atoms with Crippen LogP contribution in [0.4, 0.5) is 0 Å². The lowest BCUT2D eigenvalue weighted by atomic mass is 9.95. The molecule has 5 nitrogen and oxygen atoms in total. The van der Waals surface area contributed by atoms with E-state index in [1.165, 1.54) is 0 Å². The summed E-state index contributed by atoms with van der Waals surface area (Å²) >= 11 is 0. The normalized spacial score (nSPS) is 17.2. The molecule has 0 unspecified atom stereocenters. The van der Waals surface area contributed by atoms with Gasteiger partial charge in [-0.25, -0.2) is 4.79 Å². The number of rotatable bonds is 5. The number of carboxylic acid groups (broad SMARTS) is 1. The standard InChI is InChI=1S/C17H19NO4/c1-10-3-6-13-11(9-22-14(13)7-10)8-15(19)18-17(2,16(20)21)12-4-5-12/h3,6-7,9,12H,4-5,8H2,1-2H3,(H,18,19)(H,20,21)/t17-/m0/s1. The van der Waals surface area contributed by atoms with Crippen LogP contribution in [0, 0.1) is 12.8 Å². The summed E-state index contributed by atoms with van der Waals surface area (Å²) in [6.45, 7) is 3.56. The van der Waals surface area contributed by atoms with Crippen molar-refractivity contribution in [3.8, 4) is 0 Å². The molecular formula is C17H19NO4. The van der Waals surface area contributed by atoms with Gasteiger partial charge in [0.1, 0.15) is 11.1 Å². The molecule has 1 aromatic carbocycles. The van der Waals surface area contributed by atoms with Crippen molar-refractivity contribution >= 4 is 22.8 Å². The molecule has 3 rings (SSSR count). The second-order valence-electron chi connectivity index (χ2n) is 6.27. The maximum atomic E-state index is 12.3. The predicted octanol–water partition coefficient (Wildman–Crippen LogP) is 2.65. The molecule has 2 N–H and O–H groups in total. The van der Waals surface area contributed by atoms with Crippen LogP contribution in [0.5, 0.6) is 0 Å². The van der Waals surface area contributed by atoms with Gasteiger partial charge in [0.25, 0.3) is 0 Å². The Labute approximate surface area is 128 Å². The molecule has 1 atom stereocenters. The first-order valence-electron chi connectivity index (χ1n) is 7.41.